The van der Waals surface area contributed by atoms with Crippen molar-refractivity contribution in [1.29, 1.82) is 10.5 Å². The first-order valence-electron chi connectivity index (χ1n) is 10.3. The predicted octanol–water partition coefficient (Wildman–Crippen LogP) is 4.11. The first-order valence-corrected chi connectivity index (χ1v) is 10.3. The Hall–Kier alpha value is -4.30. The predicted molar refractivity (Wildman–Crippen MR) is 117 cm³/mol. The minimum Gasteiger partial charge on any atom is -0.506 e. The summed E-state index contributed by atoms with van der Waals surface area (Å²) in [5.41, 5.74) is 3.90. The van der Waals surface area contributed by atoms with Crippen LogP contribution in [0.3, 0.4) is 0 Å². The number of hydrogen-bond acceptors (Lipinski definition) is 7. The van der Waals surface area contributed by atoms with Crippen molar-refractivity contribution in [2.24, 2.45) is 5.92 Å². The van der Waals surface area contributed by atoms with E-state index in [1.54, 1.807) is 36.2 Å². The van der Waals surface area contributed by atoms with E-state index in [-0.39, 0.29) is 18.1 Å². The quantitative estimate of drug-likeness (QED) is 0.526. The number of aromatic nitrogens is 5. The van der Waals surface area contributed by atoms with Crippen molar-refractivity contribution in [1.82, 2.24) is 25.0 Å². The second-order valence-electron chi connectivity index (χ2n) is 8.21. The Bertz CT molecular complexity index is 1420. The maximum atomic E-state index is 9.84. The van der Waals surface area contributed by atoms with Gasteiger partial charge in [0.05, 0.1) is 53.1 Å². The van der Waals surface area contributed by atoms with Gasteiger partial charge in [0.15, 0.2) is 0 Å². The molecule has 0 atom stereocenters. The Morgan fingerprint density at radius 1 is 1.19 bits per heavy atom. The molecule has 5 rings (SSSR count). The molecule has 1 fully saturated rings. The molecular formula is C24H19N7O. The second-order valence-corrected chi connectivity index (χ2v) is 8.21. The molecule has 0 saturated heterocycles. The highest BCUT2D eigenvalue weighted by Crippen LogP contribution is 2.45. The van der Waals surface area contributed by atoms with Crippen LogP contribution in [-0.2, 0) is 5.54 Å². The lowest BCUT2D eigenvalue weighted by molar-refractivity contribution is 0.0713. The topological polar surface area (TPSA) is 124 Å². The molecule has 1 saturated carbocycles. The molecule has 32 heavy (non-hydrogen) atoms. The van der Waals surface area contributed by atoms with Crippen LogP contribution in [0.2, 0.25) is 0 Å². The standard InChI is InChI=1S/C24H19N7O/c1-15-23(32)5-4-20(29-15)17-9-19(18-3-2-8-27-21(18)10-17)22-14-28-31(30-22)24(6-7-25)11-16(12-24)13-26/h2-5,8-10,14,16,32H,6,11-12H2,1H3/t16-,24+. The lowest BCUT2D eigenvalue weighted by atomic mass is 9.68. The van der Waals surface area contributed by atoms with E-state index < -0.39 is 5.54 Å². The fourth-order valence-corrected chi connectivity index (χ4v) is 4.35. The minimum absolute atomic E-state index is 0.0741. The maximum absolute atomic E-state index is 9.84. The summed E-state index contributed by atoms with van der Waals surface area (Å²) in [6.07, 6.45) is 4.84. The van der Waals surface area contributed by atoms with Crippen molar-refractivity contribution in [3.05, 3.63) is 54.5 Å². The lowest BCUT2D eigenvalue weighted by Crippen LogP contribution is -2.47. The average molecular weight is 421 g/mol. The van der Waals surface area contributed by atoms with Gasteiger partial charge in [-0.3, -0.25) is 4.98 Å². The van der Waals surface area contributed by atoms with E-state index in [2.05, 4.69) is 27.2 Å². The van der Waals surface area contributed by atoms with Crippen molar-refractivity contribution < 1.29 is 5.11 Å². The first kappa shape index (κ1) is 19.7. The Balaban J connectivity index is 1.63. The van der Waals surface area contributed by atoms with Crippen LogP contribution in [-0.4, -0.2) is 30.1 Å². The number of nitrogens with zero attached hydrogens (tertiary/aromatic N) is 7. The van der Waals surface area contributed by atoms with Crippen LogP contribution in [0.25, 0.3) is 33.4 Å². The molecule has 1 aliphatic rings. The third-order valence-corrected chi connectivity index (χ3v) is 6.11. The summed E-state index contributed by atoms with van der Waals surface area (Å²) in [4.78, 5) is 10.6. The molecule has 0 spiro atoms. The Morgan fingerprint density at radius 3 is 2.78 bits per heavy atom. The van der Waals surface area contributed by atoms with Crippen LogP contribution < -0.4 is 0 Å². The summed E-state index contributed by atoms with van der Waals surface area (Å²) in [5.74, 6) is 0.0739. The Labute approximate surface area is 184 Å². The number of hydrogen-bond donors (Lipinski definition) is 1. The molecular weight excluding hydrogens is 402 g/mol. The third-order valence-electron chi connectivity index (χ3n) is 6.11. The number of aromatic hydroxyl groups is 1. The van der Waals surface area contributed by atoms with E-state index in [0.29, 0.717) is 24.2 Å². The van der Waals surface area contributed by atoms with Crippen molar-refractivity contribution in [2.75, 3.05) is 0 Å². The Morgan fingerprint density at radius 2 is 2.03 bits per heavy atom. The smallest absolute Gasteiger partial charge is 0.136 e. The molecule has 0 amide bonds. The van der Waals surface area contributed by atoms with E-state index >= 15 is 0 Å². The van der Waals surface area contributed by atoms with E-state index in [9.17, 15) is 15.6 Å². The van der Waals surface area contributed by atoms with Crippen LogP contribution >= 0.6 is 0 Å². The summed E-state index contributed by atoms with van der Waals surface area (Å²) in [5, 5.41) is 38.5. The van der Waals surface area contributed by atoms with Crippen LogP contribution in [0.4, 0.5) is 0 Å². The lowest BCUT2D eigenvalue weighted by Gasteiger charge is -2.42. The molecule has 3 aromatic heterocycles. The molecule has 1 aromatic carbocycles. The molecule has 0 aliphatic heterocycles. The molecule has 0 bridgehead atoms. The largest absolute Gasteiger partial charge is 0.506 e. The molecule has 0 radical (unpaired) electrons. The third kappa shape index (κ3) is 3.14. The highest BCUT2D eigenvalue weighted by molar-refractivity contribution is 5.96. The van der Waals surface area contributed by atoms with Gasteiger partial charge < -0.3 is 5.11 Å². The van der Waals surface area contributed by atoms with Crippen molar-refractivity contribution in [3.63, 3.8) is 0 Å². The molecule has 156 valence electrons. The molecule has 4 aromatic rings. The van der Waals surface area contributed by atoms with Crippen LogP contribution in [0.15, 0.2) is 48.8 Å². The van der Waals surface area contributed by atoms with E-state index in [4.69, 9.17) is 5.10 Å². The van der Waals surface area contributed by atoms with E-state index in [0.717, 1.165) is 27.7 Å². The monoisotopic (exact) mass is 421 g/mol. The van der Waals surface area contributed by atoms with Gasteiger partial charge in [-0.25, -0.2) is 4.98 Å². The highest BCUT2D eigenvalue weighted by atomic mass is 16.3. The van der Waals surface area contributed by atoms with Gasteiger partial charge in [-0.15, -0.1) is 0 Å². The summed E-state index contributed by atoms with van der Waals surface area (Å²) >= 11 is 0. The zero-order valence-corrected chi connectivity index (χ0v) is 17.4. The van der Waals surface area contributed by atoms with Crippen molar-refractivity contribution in [3.8, 4) is 40.4 Å². The number of fused-ring (bicyclic) bond motifs is 1. The summed E-state index contributed by atoms with van der Waals surface area (Å²) in [6, 6.07) is 15.7. The SMILES string of the molecule is Cc1nc(-c2cc(-c3cnn([C@]4(CC#N)C[C@H](C#N)C4)n3)c3cccnc3c2)ccc1O. The van der Waals surface area contributed by atoms with Crippen LogP contribution in [0.5, 0.6) is 5.75 Å². The molecule has 1 N–H and O–H groups in total. The number of benzene rings is 1. The van der Waals surface area contributed by atoms with Gasteiger partial charge in [0.2, 0.25) is 0 Å². The van der Waals surface area contributed by atoms with Gasteiger partial charge in [-0.1, -0.05) is 6.07 Å². The number of nitriles is 2. The molecule has 1 aliphatic carbocycles. The van der Waals surface area contributed by atoms with Gasteiger partial charge in [0.25, 0.3) is 0 Å². The molecule has 8 heteroatoms. The zero-order chi connectivity index (χ0) is 22.3. The van der Waals surface area contributed by atoms with Crippen LogP contribution in [0, 0.1) is 35.5 Å². The van der Waals surface area contributed by atoms with Gasteiger partial charge in [0, 0.05) is 22.7 Å². The number of pyridine rings is 2. The Kier molecular flexibility index (Phi) is 4.57. The number of aryl methyl sites for hydroxylation is 1. The highest BCUT2D eigenvalue weighted by Gasteiger charge is 2.48. The summed E-state index contributed by atoms with van der Waals surface area (Å²) in [7, 11) is 0. The van der Waals surface area contributed by atoms with E-state index in [1.807, 2.05) is 24.3 Å². The molecule has 3 heterocycles. The maximum Gasteiger partial charge on any atom is 0.136 e. The molecule has 8 nitrogen and oxygen atoms in total. The van der Waals surface area contributed by atoms with Gasteiger partial charge in [0.1, 0.15) is 11.4 Å². The molecule has 0 unspecified atom stereocenters. The summed E-state index contributed by atoms with van der Waals surface area (Å²) in [6.45, 7) is 1.76. The van der Waals surface area contributed by atoms with Gasteiger partial charge >= 0.3 is 0 Å². The van der Waals surface area contributed by atoms with Gasteiger partial charge in [-0.05, 0) is 50.1 Å². The fourth-order valence-electron chi connectivity index (χ4n) is 4.35. The number of rotatable bonds is 4. The normalized spacial score (nSPS) is 19.8. The second kappa shape index (κ2) is 7.44. The van der Waals surface area contributed by atoms with Crippen LogP contribution in [0.1, 0.15) is 25.0 Å². The minimum atomic E-state index is -0.533. The first-order chi connectivity index (χ1) is 15.5. The average Bonchev–Trinajstić information content (AvgIpc) is 3.27. The van der Waals surface area contributed by atoms with Crippen molar-refractivity contribution >= 4 is 10.9 Å². The van der Waals surface area contributed by atoms with Crippen molar-refractivity contribution in [2.45, 2.75) is 31.7 Å². The van der Waals surface area contributed by atoms with Gasteiger partial charge in [-0.2, -0.15) is 25.5 Å². The summed E-state index contributed by atoms with van der Waals surface area (Å²) < 4.78 is 0. The van der Waals surface area contributed by atoms with E-state index in [1.165, 1.54) is 0 Å². The fraction of sp³-hybridized carbons (Fsp3) is 0.250. The zero-order valence-electron chi connectivity index (χ0n) is 17.4.